The molecule has 6 heteroatoms. The maximum atomic E-state index is 11.0. The average molecular weight is 230 g/mol. The fraction of sp³-hybridized carbons (Fsp3) is 0.222. The van der Waals surface area contributed by atoms with Crippen molar-refractivity contribution in [1.82, 2.24) is 0 Å². The molecule has 0 heterocycles. The van der Waals surface area contributed by atoms with E-state index in [0.717, 1.165) is 6.07 Å². The molecular formula is C9H10O5S. The average Bonchev–Trinajstić information content (AvgIpc) is 2.15. The number of carbonyl (C=O) groups excluding carboxylic acids is 1. The molecule has 15 heavy (non-hydrogen) atoms. The number of ether oxygens (including phenoxy) is 1. The van der Waals surface area contributed by atoms with Crippen LogP contribution in [0.2, 0.25) is 0 Å². The molecule has 0 radical (unpaired) electrons. The fourth-order valence-corrected chi connectivity index (χ4v) is 1.74. The van der Waals surface area contributed by atoms with Gasteiger partial charge in [-0.05, 0) is 25.1 Å². The number of methoxy groups -OCH3 is 1. The van der Waals surface area contributed by atoms with Gasteiger partial charge in [-0.1, -0.05) is 0 Å². The van der Waals surface area contributed by atoms with Crippen LogP contribution in [-0.2, 0) is 10.1 Å². The van der Waals surface area contributed by atoms with Crippen molar-refractivity contribution in [2.24, 2.45) is 0 Å². The lowest BCUT2D eigenvalue weighted by Gasteiger charge is -2.06. The summed E-state index contributed by atoms with van der Waals surface area (Å²) in [5, 5.41) is 0. The van der Waals surface area contributed by atoms with Crippen molar-refractivity contribution in [3.05, 3.63) is 23.8 Å². The zero-order valence-corrected chi connectivity index (χ0v) is 9.04. The first-order valence-corrected chi connectivity index (χ1v) is 5.46. The molecule has 0 bridgehead atoms. The van der Waals surface area contributed by atoms with E-state index in [9.17, 15) is 13.2 Å². The van der Waals surface area contributed by atoms with Crippen LogP contribution >= 0.6 is 0 Å². The number of benzene rings is 1. The Labute approximate surface area is 87.4 Å². The lowest BCUT2D eigenvalue weighted by Crippen LogP contribution is -2.03. The van der Waals surface area contributed by atoms with Crippen molar-refractivity contribution in [2.45, 2.75) is 11.8 Å². The van der Waals surface area contributed by atoms with Crippen molar-refractivity contribution >= 4 is 15.9 Å². The molecule has 0 atom stereocenters. The van der Waals surface area contributed by atoms with Crippen LogP contribution in [0.3, 0.4) is 0 Å². The van der Waals surface area contributed by atoms with Gasteiger partial charge in [-0.3, -0.25) is 9.35 Å². The Hall–Kier alpha value is -1.40. The van der Waals surface area contributed by atoms with Crippen LogP contribution in [0, 0.1) is 0 Å². The molecule has 1 N–H and O–H groups in total. The highest BCUT2D eigenvalue weighted by Crippen LogP contribution is 2.24. The van der Waals surface area contributed by atoms with Crippen LogP contribution in [0.15, 0.2) is 23.1 Å². The van der Waals surface area contributed by atoms with Gasteiger partial charge in [0.15, 0.2) is 5.78 Å². The van der Waals surface area contributed by atoms with Crippen molar-refractivity contribution in [3.8, 4) is 5.75 Å². The summed E-state index contributed by atoms with van der Waals surface area (Å²) in [7, 11) is -3.07. The van der Waals surface area contributed by atoms with Gasteiger partial charge in [0.25, 0.3) is 10.1 Å². The first kappa shape index (κ1) is 11.7. The summed E-state index contributed by atoms with van der Waals surface area (Å²) < 4.78 is 35.4. The molecule has 0 spiro atoms. The van der Waals surface area contributed by atoms with Gasteiger partial charge in [-0.15, -0.1) is 0 Å². The lowest BCUT2D eigenvalue weighted by molar-refractivity contribution is 0.101. The number of hydrogen-bond acceptors (Lipinski definition) is 4. The predicted octanol–water partition coefficient (Wildman–Crippen LogP) is 1.14. The van der Waals surface area contributed by atoms with Gasteiger partial charge in [0.2, 0.25) is 0 Å². The van der Waals surface area contributed by atoms with Crippen molar-refractivity contribution in [1.29, 1.82) is 0 Å². The molecule has 0 saturated carbocycles. The molecule has 0 unspecified atom stereocenters. The molecule has 82 valence electrons. The molecule has 1 aromatic carbocycles. The summed E-state index contributed by atoms with van der Waals surface area (Å²) in [4.78, 5) is 10.7. The minimum Gasteiger partial charge on any atom is -0.495 e. The van der Waals surface area contributed by atoms with Crippen LogP contribution < -0.4 is 4.74 Å². The third-order valence-electron chi connectivity index (χ3n) is 1.85. The summed E-state index contributed by atoms with van der Waals surface area (Å²) >= 11 is 0. The fourth-order valence-electron chi connectivity index (χ4n) is 1.10. The van der Waals surface area contributed by atoms with E-state index in [-0.39, 0.29) is 16.4 Å². The van der Waals surface area contributed by atoms with E-state index in [4.69, 9.17) is 9.29 Å². The van der Waals surface area contributed by atoms with E-state index in [1.54, 1.807) is 0 Å². The highest BCUT2D eigenvalue weighted by atomic mass is 32.2. The Kier molecular flexibility index (Phi) is 3.11. The monoisotopic (exact) mass is 230 g/mol. The first-order valence-electron chi connectivity index (χ1n) is 4.02. The zero-order chi connectivity index (χ0) is 11.6. The smallest absolute Gasteiger partial charge is 0.298 e. The number of ketones is 1. The highest BCUT2D eigenvalue weighted by molar-refractivity contribution is 7.86. The van der Waals surface area contributed by atoms with E-state index < -0.39 is 10.1 Å². The second kappa shape index (κ2) is 4.00. The van der Waals surface area contributed by atoms with Crippen LogP contribution in [0.1, 0.15) is 17.3 Å². The Bertz CT molecular complexity index is 489. The summed E-state index contributed by atoms with van der Waals surface area (Å²) in [5.41, 5.74) is 0.319. The third-order valence-corrected chi connectivity index (χ3v) is 2.74. The van der Waals surface area contributed by atoms with Crippen molar-refractivity contribution in [3.63, 3.8) is 0 Å². The Morgan fingerprint density at radius 1 is 1.40 bits per heavy atom. The zero-order valence-electron chi connectivity index (χ0n) is 8.22. The van der Waals surface area contributed by atoms with Gasteiger partial charge in [-0.25, -0.2) is 0 Å². The van der Waals surface area contributed by atoms with E-state index in [1.165, 1.54) is 26.2 Å². The molecule has 0 aliphatic heterocycles. The van der Waals surface area contributed by atoms with Gasteiger partial charge >= 0.3 is 0 Å². The number of Topliss-reactive ketones (excluding diaryl/α,β-unsaturated/α-hetero) is 1. The summed E-state index contributed by atoms with van der Waals surface area (Å²) in [6.45, 7) is 1.35. The Morgan fingerprint density at radius 3 is 2.40 bits per heavy atom. The second-order valence-corrected chi connectivity index (χ2v) is 4.29. The largest absolute Gasteiger partial charge is 0.495 e. The topological polar surface area (TPSA) is 80.7 Å². The quantitative estimate of drug-likeness (QED) is 0.622. The van der Waals surface area contributed by atoms with Gasteiger partial charge in [0, 0.05) is 5.56 Å². The van der Waals surface area contributed by atoms with E-state index in [2.05, 4.69) is 0 Å². The molecule has 1 rings (SSSR count). The molecular weight excluding hydrogens is 220 g/mol. The molecule has 5 nitrogen and oxygen atoms in total. The SMILES string of the molecule is COc1cc(C(C)=O)ccc1S(=O)(=O)O. The van der Waals surface area contributed by atoms with Gasteiger partial charge < -0.3 is 4.74 Å². The Balaban J connectivity index is 3.40. The van der Waals surface area contributed by atoms with Gasteiger partial charge in [0.05, 0.1) is 7.11 Å². The lowest BCUT2D eigenvalue weighted by atomic mass is 10.1. The second-order valence-electron chi connectivity index (χ2n) is 2.90. The van der Waals surface area contributed by atoms with Crippen LogP contribution in [0.25, 0.3) is 0 Å². The normalized spacial score (nSPS) is 11.1. The highest BCUT2D eigenvalue weighted by Gasteiger charge is 2.17. The van der Waals surface area contributed by atoms with Gasteiger partial charge in [-0.2, -0.15) is 8.42 Å². The standard InChI is InChI=1S/C9H10O5S/c1-6(10)7-3-4-9(15(11,12)13)8(5-7)14-2/h3-5H,1-2H3,(H,11,12,13). The molecule has 0 aliphatic carbocycles. The minimum atomic E-state index is -4.32. The first-order chi connectivity index (χ1) is 6.86. The minimum absolute atomic E-state index is 0.0507. The summed E-state index contributed by atoms with van der Waals surface area (Å²) in [6.07, 6.45) is 0. The summed E-state index contributed by atoms with van der Waals surface area (Å²) in [5.74, 6) is -0.264. The van der Waals surface area contributed by atoms with Gasteiger partial charge in [0.1, 0.15) is 10.6 Å². The molecule has 0 saturated heterocycles. The summed E-state index contributed by atoms with van der Waals surface area (Å²) in [6, 6.07) is 3.71. The van der Waals surface area contributed by atoms with Crippen LogP contribution in [0.5, 0.6) is 5.75 Å². The maximum Gasteiger partial charge on any atom is 0.298 e. The van der Waals surface area contributed by atoms with E-state index >= 15 is 0 Å². The molecule has 0 aliphatic rings. The van der Waals surface area contributed by atoms with Crippen LogP contribution in [0.4, 0.5) is 0 Å². The number of rotatable bonds is 3. The van der Waals surface area contributed by atoms with Crippen LogP contribution in [-0.4, -0.2) is 25.9 Å². The Morgan fingerprint density at radius 2 is 2.00 bits per heavy atom. The van der Waals surface area contributed by atoms with E-state index in [0.29, 0.717) is 5.56 Å². The molecule has 0 aromatic heterocycles. The van der Waals surface area contributed by atoms with Crippen molar-refractivity contribution in [2.75, 3.05) is 7.11 Å². The maximum absolute atomic E-state index is 11.0. The third kappa shape index (κ3) is 2.54. The molecule has 1 aromatic rings. The number of carbonyl (C=O) groups is 1. The molecule has 0 fully saturated rings. The molecule has 0 amide bonds. The number of hydrogen-bond donors (Lipinski definition) is 1. The van der Waals surface area contributed by atoms with Crippen molar-refractivity contribution < 1.29 is 22.5 Å². The van der Waals surface area contributed by atoms with E-state index in [1.807, 2.05) is 0 Å². The predicted molar refractivity (Wildman–Crippen MR) is 52.8 cm³/mol.